The highest BCUT2D eigenvalue weighted by Crippen LogP contribution is 2.05. The molecule has 0 aliphatic carbocycles. The monoisotopic (exact) mass is 171 g/mol. The number of hydrogen-bond donors (Lipinski definition) is 0. The maximum Gasteiger partial charge on any atom is 0.255 e. The fraction of sp³-hybridized carbons (Fsp3) is 0.750. The smallest absolute Gasteiger partial charge is 0.255 e. The second-order valence-corrected chi connectivity index (χ2v) is 3.09. The predicted octanol–water partition coefficient (Wildman–Crippen LogP) is 0.0278. The van der Waals surface area contributed by atoms with Gasteiger partial charge in [-0.3, -0.25) is 14.5 Å². The van der Waals surface area contributed by atoms with Gasteiger partial charge in [-0.25, -0.2) is 0 Å². The Morgan fingerprint density at radius 1 is 1.58 bits per heavy atom. The van der Waals surface area contributed by atoms with Crippen molar-refractivity contribution in [1.29, 1.82) is 0 Å². The summed E-state index contributed by atoms with van der Waals surface area (Å²) in [5, 5.41) is 0. The predicted molar refractivity (Wildman–Crippen MR) is 42.4 cm³/mol. The Labute approximate surface area is 71.5 Å². The Bertz CT molecular complexity index is 200. The maximum atomic E-state index is 11.4. The average molecular weight is 171 g/mol. The van der Waals surface area contributed by atoms with Crippen LogP contribution in [0.4, 0.5) is 0 Å². The lowest BCUT2D eigenvalue weighted by Gasteiger charge is -2.26. The molecule has 1 rings (SSSR count). The molecule has 0 aromatic carbocycles. The van der Waals surface area contributed by atoms with Crippen LogP contribution in [0.2, 0.25) is 0 Å². The number of hydrogen-bond acceptors (Lipinski definition) is 3. The van der Waals surface area contributed by atoms with E-state index < -0.39 is 0 Å². The summed E-state index contributed by atoms with van der Waals surface area (Å²) >= 11 is 0. The van der Waals surface area contributed by atoms with Crippen molar-refractivity contribution < 1.29 is 14.3 Å². The van der Waals surface area contributed by atoms with Gasteiger partial charge in [0, 0.05) is 5.92 Å². The summed E-state index contributed by atoms with van der Waals surface area (Å²) in [4.78, 5) is 23.8. The molecule has 1 aliphatic heterocycles. The molecule has 4 nitrogen and oxygen atoms in total. The first kappa shape index (κ1) is 9.19. The minimum Gasteiger partial charge on any atom is -0.370 e. The van der Waals surface area contributed by atoms with E-state index in [2.05, 4.69) is 0 Å². The Morgan fingerprint density at radius 3 is 2.75 bits per heavy atom. The molecule has 0 radical (unpaired) electrons. The largest absolute Gasteiger partial charge is 0.370 e. The molecule has 1 fully saturated rings. The number of nitrogens with zero attached hydrogens (tertiary/aromatic N) is 1. The zero-order valence-corrected chi connectivity index (χ0v) is 7.37. The van der Waals surface area contributed by atoms with Crippen LogP contribution < -0.4 is 0 Å². The highest BCUT2D eigenvalue weighted by molar-refractivity contribution is 5.97. The molecule has 1 heterocycles. The van der Waals surface area contributed by atoms with E-state index in [0.717, 1.165) is 0 Å². The lowest BCUT2D eigenvalue weighted by molar-refractivity contribution is -0.155. The van der Waals surface area contributed by atoms with Crippen molar-refractivity contribution in [2.24, 2.45) is 5.92 Å². The Hall–Kier alpha value is -0.900. The second kappa shape index (κ2) is 3.67. The second-order valence-electron chi connectivity index (χ2n) is 3.09. The van der Waals surface area contributed by atoms with Gasteiger partial charge in [0.25, 0.3) is 5.91 Å². The third-order valence-corrected chi connectivity index (χ3v) is 1.75. The summed E-state index contributed by atoms with van der Waals surface area (Å²) in [6.07, 6.45) is 0. The Kier molecular flexibility index (Phi) is 2.81. The SMILES string of the molecule is CC(C)C(=O)N1CCOCC1=O. The molecule has 0 aromatic rings. The quantitative estimate of drug-likeness (QED) is 0.559. The molecular weight excluding hydrogens is 158 g/mol. The van der Waals surface area contributed by atoms with Gasteiger partial charge in [0.05, 0.1) is 13.2 Å². The molecule has 0 N–H and O–H groups in total. The zero-order chi connectivity index (χ0) is 9.14. The van der Waals surface area contributed by atoms with Gasteiger partial charge in [-0.15, -0.1) is 0 Å². The van der Waals surface area contributed by atoms with Crippen LogP contribution in [0, 0.1) is 5.92 Å². The van der Waals surface area contributed by atoms with Crippen LogP contribution in [0.3, 0.4) is 0 Å². The molecule has 68 valence electrons. The fourth-order valence-corrected chi connectivity index (χ4v) is 1.06. The third kappa shape index (κ3) is 1.82. The van der Waals surface area contributed by atoms with Crippen LogP contribution in [0.5, 0.6) is 0 Å². The molecule has 12 heavy (non-hydrogen) atoms. The number of imide groups is 1. The van der Waals surface area contributed by atoms with E-state index in [4.69, 9.17) is 4.74 Å². The summed E-state index contributed by atoms with van der Waals surface area (Å²) in [5.41, 5.74) is 0. The van der Waals surface area contributed by atoms with Crippen LogP contribution in [0.25, 0.3) is 0 Å². The van der Waals surface area contributed by atoms with E-state index >= 15 is 0 Å². The average Bonchev–Trinajstić information content (AvgIpc) is 2.04. The molecular formula is C8H13NO3. The number of carbonyl (C=O) groups excluding carboxylic acids is 2. The highest BCUT2D eigenvalue weighted by Gasteiger charge is 2.26. The van der Waals surface area contributed by atoms with Crippen molar-refractivity contribution in [2.75, 3.05) is 19.8 Å². The van der Waals surface area contributed by atoms with Crippen molar-refractivity contribution in [3.8, 4) is 0 Å². The van der Waals surface area contributed by atoms with E-state index in [-0.39, 0.29) is 24.3 Å². The molecule has 0 atom stereocenters. The standard InChI is InChI=1S/C8H13NO3/c1-6(2)8(11)9-3-4-12-5-7(9)10/h6H,3-5H2,1-2H3. The molecule has 4 heteroatoms. The molecule has 0 aromatic heterocycles. The summed E-state index contributed by atoms with van der Waals surface area (Å²) in [6.45, 7) is 4.47. The van der Waals surface area contributed by atoms with Crippen LogP contribution in [-0.4, -0.2) is 36.5 Å². The molecule has 0 spiro atoms. The zero-order valence-electron chi connectivity index (χ0n) is 7.37. The summed E-state index contributed by atoms with van der Waals surface area (Å²) in [5.74, 6) is -0.449. The van der Waals surface area contributed by atoms with Gasteiger partial charge < -0.3 is 4.74 Å². The van der Waals surface area contributed by atoms with Gasteiger partial charge in [-0.05, 0) is 0 Å². The number of morpholine rings is 1. The first-order valence-electron chi connectivity index (χ1n) is 4.05. The maximum absolute atomic E-state index is 11.4. The van der Waals surface area contributed by atoms with Gasteiger partial charge in [0.15, 0.2) is 0 Å². The summed E-state index contributed by atoms with van der Waals surface area (Å²) < 4.78 is 4.90. The van der Waals surface area contributed by atoms with Crippen LogP contribution in [0.15, 0.2) is 0 Å². The molecule has 1 aliphatic rings. The topological polar surface area (TPSA) is 46.6 Å². The first-order valence-corrected chi connectivity index (χ1v) is 4.05. The molecule has 0 saturated carbocycles. The lowest BCUT2D eigenvalue weighted by Crippen LogP contribution is -2.46. The van der Waals surface area contributed by atoms with E-state index in [1.165, 1.54) is 4.90 Å². The normalized spacial score (nSPS) is 18.6. The van der Waals surface area contributed by atoms with Gasteiger partial charge in [-0.2, -0.15) is 0 Å². The van der Waals surface area contributed by atoms with E-state index in [1.807, 2.05) is 0 Å². The van der Waals surface area contributed by atoms with Crippen LogP contribution >= 0.6 is 0 Å². The lowest BCUT2D eigenvalue weighted by atomic mass is 10.2. The molecule has 0 unspecified atom stereocenters. The van der Waals surface area contributed by atoms with Crippen molar-refractivity contribution in [2.45, 2.75) is 13.8 Å². The third-order valence-electron chi connectivity index (χ3n) is 1.75. The van der Waals surface area contributed by atoms with Crippen molar-refractivity contribution in [1.82, 2.24) is 4.90 Å². The van der Waals surface area contributed by atoms with Crippen LogP contribution in [0.1, 0.15) is 13.8 Å². The molecule has 0 bridgehead atoms. The fourth-order valence-electron chi connectivity index (χ4n) is 1.06. The van der Waals surface area contributed by atoms with E-state index in [1.54, 1.807) is 13.8 Å². The summed E-state index contributed by atoms with van der Waals surface area (Å²) in [7, 11) is 0. The van der Waals surface area contributed by atoms with Gasteiger partial charge in [-0.1, -0.05) is 13.8 Å². The van der Waals surface area contributed by atoms with Gasteiger partial charge in [0.1, 0.15) is 6.61 Å². The first-order chi connectivity index (χ1) is 5.63. The van der Waals surface area contributed by atoms with Gasteiger partial charge in [0.2, 0.25) is 5.91 Å². The molecule has 1 saturated heterocycles. The number of rotatable bonds is 1. The van der Waals surface area contributed by atoms with Crippen LogP contribution in [-0.2, 0) is 14.3 Å². The number of ether oxygens (including phenoxy) is 1. The van der Waals surface area contributed by atoms with Gasteiger partial charge >= 0.3 is 0 Å². The minimum absolute atomic E-state index is 0.0401. The van der Waals surface area contributed by atoms with E-state index in [9.17, 15) is 9.59 Å². The van der Waals surface area contributed by atoms with Crippen molar-refractivity contribution in [3.05, 3.63) is 0 Å². The molecule has 2 amide bonds. The number of carbonyl (C=O) groups is 2. The number of amides is 2. The van der Waals surface area contributed by atoms with Crippen molar-refractivity contribution >= 4 is 11.8 Å². The van der Waals surface area contributed by atoms with E-state index in [0.29, 0.717) is 13.2 Å². The Balaban J connectivity index is 2.60. The highest BCUT2D eigenvalue weighted by atomic mass is 16.5. The minimum atomic E-state index is -0.222. The van der Waals surface area contributed by atoms with Crippen molar-refractivity contribution in [3.63, 3.8) is 0 Å². The Morgan fingerprint density at radius 2 is 2.25 bits per heavy atom. The summed E-state index contributed by atoms with van der Waals surface area (Å²) in [6, 6.07) is 0.